The average Bonchev–Trinajstić information content (AvgIpc) is 3.67. The van der Waals surface area contributed by atoms with Gasteiger partial charge in [-0.1, -0.05) is 32.3 Å². The number of hydrogen-bond donors (Lipinski definition) is 4. The van der Waals surface area contributed by atoms with E-state index in [1.54, 1.807) is 12.2 Å². The Kier molecular flexibility index (Phi) is 13.9. The lowest BCUT2D eigenvalue weighted by Crippen LogP contribution is -2.42. The van der Waals surface area contributed by atoms with Gasteiger partial charge in [0.25, 0.3) is 5.91 Å². The van der Waals surface area contributed by atoms with Crippen LogP contribution in [0.1, 0.15) is 102 Å². The lowest BCUT2D eigenvalue weighted by Gasteiger charge is -2.38. The summed E-state index contributed by atoms with van der Waals surface area (Å²) >= 11 is 0. The molecule has 4 fully saturated rings. The van der Waals surface area contributed by atoms with Gasteiger partial charge >= 0.3 is 0 Å². The SMILES string of the molecule is CCc1cnn2c(NCc3ccc(OCCC4CCN(CC5CCN(/C(N)=C/C=C(\N)C(=O)NC6CCCCC6)CC5)CC4)nc3)cc(N3CCCCC3)nc12. The molecule has 304 valence electrons. The molecule has 7 rings (SSSR count). The van der Waals surface area contributed by atoms with Crippen LogP contribution in [0.3, 0.4) is 0 Å². The fraction of sp³-hybridized carbons (Fsp3) is 0.628. The van der Waals surface area contributed by atoms with E-state index in [-0.39, 0.29) is 17.6 Å². The normalized spacial score (nSPS) is 20.1. The van der Waals surface area contributed by atoms with E-state index in [1.165, 1.54) is 51.4 Å². The minimum absolute atomic E-state index is 0.187. The van der Waals surface area contributed by atoms with Crippen LogP contribution in [-0.2, 0) is 17.8 Å². The van der Waals surface area contributed by atoms with Crippen molar-refractivity contribution in [3.8, 4) is 5.88 Å². The molecule has 0 unspecified atom stereocenters. The lowest BCUT2D eigenvalue weighted by atomic mass is 9.91. The third-order valence-corrected chi connectivity index (χ3v) is 12.5. The maximum atomic E-state index is 12.5. The first-order chi connectivity index (χ1) is 27.4. The molecule has 56 heavy (non-hydrogen) atoms. The number of fused-ring (bicyclic) bond motifs is 1. The summed E-state index contributed by atoms with van der Waals surface area (Å²) in [6, 6.07) is 6.47. The number of piperidine rings is 3. The van der Waals surface area contributed by atoms with Crippen molar-refractivity contribution in [2.75, 3.05) is 62.6 Å². The van der Waals surface area contributed by atoms with Gasteiger partial charge in [0.1, 0.15) is 11.6 Å². The third kappa shape index (κ3) is 10.7. The molecule has 13 heteroatoms. The minimum Gasteiger partial charge on any atom is -0.478 e. The number of allylic oxidation sites excluding steroid dienone is 2. The quantitative estimate of drug-likeness (QED) is 0.113. The van der Waals surface area contributed by atoms with Crippen LogP contribution in [0.2, 0.25) is 0 Å². The fourth-order valence-electron chi connectivity index (χ4n) is 8.85. The summed E-state index contributed by atoms with van der Waals surface area (Å²) in [5.41, 5.74) is 15.9. The zero-order chi connectivity index (χ0) is 38.7. The number of aromatic nitrogens is 4. The number of ether oxygens (including phenoxy) is 1. The zero-order valence-corrected chi connectivity index (χ0v) is 33.6. The number of hydrogen-bond acceptors (Lipinski definition) is 11. The molecule has 4 aliphatic rings. The number of anilines is 2. The van der Waals surface area contributed by atoms with Crippen molar-refractivity contribution >= 4 is 23.2 Å². The highest BCUT2D eigenvalue weighted by atomic mass is 16.5. The number of amides is 1. The van der Waals surface area contributed by atoms with Gasteiger partial charge in [0.2, 0.25) is 5.88 Å². The Morgan fingerprint density at radius 3 is 2.38 bits per heavy atom. The van der Waals surface area contributed by atoms with E-state index in [0.29, 0.717) is 36.7 Å². The highest BCUT2D eigenvalue weighted by Gasteiger charge is 2.25. The molecule has 0 aromatic carbocycles. The van der Waals surface area contributed by atoms with Crippen LogP contribution in [0.4, 0.5) is 11.6 Å². The summed E-state index contributed by atoms with van der Waals surface area (Å²) in [4.78, 5) is 29.4. The Labute approximate surface area is 333 Å². The van der Waals surface area contributed by atoms with Crippen molar-refractivity contribution in [2.45, 2.75) is 109 Å². The molecule has 3 aliphatic heterocycles. The number of rotatable bonds is 15. The van der Waals surface area contributed by atoms with Gasteiger partial charge < -0.3 is 41.5 Å². The lowest BCUT2D eigenvalue weighted by molar-refractivity contribution is -0.118. The highest BCUT2D eigenvalue weighted by Crippen LogP contribution is 2.27. The second-order valence-corrected chi connectivity index (χ2v) is 16.5. The monoisotopic (exact) mass is 768 g/mol. The maximum Gasteiger partial charge on any atom is 0.267 e. The Bertz CT molecular complexity index is 1760. The predicted octanol–water partition coefficient (Wildman–Crippen LogP) is 5.57. The average molecular weight is 768 g/mol. The molecule has 3 aromatic heterocycles. The number of aryl methyl sites for hydroxylation is 1. The molecule has 0 atom stereocenters. The van der Waals surface area contributed by atoms with Crippen LogP contribution in [0.25, 0.3) is 5.65 Å². The van der Waals surface area contributed by atoms with Gasteiger partial charge in [0.05, 0.1) is 24.3 Å². The summed E-state index contributed by atoms with van der Waals surface area (Å²) in [5, 5.41) is 11.3. The summed E-state index contributed by atoms with van der Waals surface area (Å²) < 4.78 is 8.04. The number of nitrogens with one attached hydrogen (secondary N) is 2. The largest absolute Gasteiger partial charge is 0.478 e. The molecule has 0 bridgehead atoms. The van der Waals surface area contributed by atoms with E-state index in [2.05, 4.69) is 54.5 Å². The van der Waals surface area contributed by atoms with Crippen LogP contribution in [0, 0.1) is 11.8 Å². The second kappa shape index (κ2) is 19.6. The van der Waals surface area contributed by atoms with Crippen molar-refractivity contribution in [2.24, 2.45) is 23.3 Å². The van der Waals surface area contributed by atoms with Gasteiger partial charge in [-0.3, -0.25) is 4.79 Å². The van der Waals surface area contributed by atoms with Crippen molar-refractivity contribution < 1.29 is 9.53 Å². The van der Waals surface area contributed by atoms with E-state index in [1.807, 2.05) is 23.0 Å². The van der Waals surface area contributed by atoms with E-state index in [0.717, 1.165) is 113 Å². The van der Waals surface area contributed by atoms with Gasteiger partial charge in [-0.25, -0.2) is 9.97 Å². The van der Waals surface area contributed by atoms with Crippen LogP contribution < -0.4 is 31.7 Å². The summed E-state index contributed by atoms with van der Waals surface area (Å²) in [5.74, 6) is 4.55. The zero-order valence-electron chi connectivity index (χ0n) is 33.6. The molecule has 1 aliphatic carbocycles. The van der Waals surface area contributed by atoms with E-state index in [4.69, 9.17) is 21.2 Å². The Hall–Kier alpha value is -4.52. The van der Waals surface area contributed by atoms with E-state index < -0.39 is 0 Å². The fourth-order valence-corrected chi connectivity index (χ4v) is 8.85. The molecule has 0 radical (unpaired) electrons. The van der Waals surface area contributed by atoms with Crippen LogP contribution in [0.15, 0.2) is 54.3 Å². The van der Waals surface area contributed by atoms with Crippen LogP contribution in [-0.4, -0.2) is 93.8 Å². The summed E-state index contributed by atoms with van der Waals surface area (Å²) in [6.07, 6.45) is 23.4. The third-order valence-electron chi connectivity index (χ3n) is 12.5. The molecule has 13 nitrogen and oxygen atoms in total. The molecule has 1 amide bonds. The molecule has 6 N–H and O–H groups in total. The van der Waals surface area contributed by atoms with Crippen LogP contribution in [0.5, 0.6) is 5.88 Å². The minimum atomic E-state index is -0.187. The topological polar surface area (TPSA) is 155 Å². The van der Waals surface area contributed by atoms with Gasteiger partial charge in [0.15, 0.2) is 5.65 Å². The first-order valence-electron chi connectivity index (χ1n) is 21.6. The Morgan fingerprint density at radius 2 is 1.64 bits per heavy atom. The van der Waals surface area contributed by atoms with E-state index in [9.17, 15) is 4.79 Å². The molecule has 6 heterocycles. The predicted molar refractivity (Wildman–Crippen MR) is 223 cm³/mol. The standard InChI is InChI=1S/C43H65N11O2/c1-2-35-30-48-54-39(27-40(50-42(35)54)53-20-7-4-8-21-53)46-28-34-11-14-41(47-29-34)56-26-19-32-15-22-51(23-16-32)31-33-17-24-52(25-18-33)38(45)13-12-37(44)43(55)49-36-9-5-3-6-10-36/h11-14,27,29-30,32-33,36,46H,2-10,15-26,28,31,44-45H2,1H3,(H,49,55)/b37-12-,38-13+. The summed E-state index contributed by atoms with van der Waals surface area (Å²) in [7, 11) is 0. The molecule has 0 spiro atoms. The van der Waals surface area contributed by atoms with Gasteiger partial charge in [0, 0.05) is 69.2 Å². The van der Waals surface area contributed by atoms with Crippen molar-refractivity contribution in [3.63, 3.8) is 0 Å². The Morgan fingerprint density at radius 1 is 0.893 bits per heavy atom. The molecule has 3 saturated heterocycles. The first kappa shape index (κ1) is 39.7. The smallest absolute Gasteiger partial charge is 0.267 e. The van der Waals surface area contributed by atoms with Crippen molar-refractivity contribution in [1.82, 2.24) is 34.7 Å². The number of pyridine rings is 1. The number of nitrogens with zero attached hydrogens (tertiary/aromatic N) is 7. The Balaban J connectivity index is 0.785. The van der Waals surface area contributed by atoms with Gasteiger partial charge in [-0.2, -0.15) is 9.61 Å². The van der Waals surface area contributed by atoms with Gasteiger partial charge in [-0.05, 0) is 113 Å². The first-order valence-corrected chi connectivity index (χ1v) is 21.6. The second-order valence-electron chi connectivity index (χ2n) is 16.5. The van der Waals surface area contributed by atoms with Crippen LogP contribution >= 0.6 is 0 Å². The van der Waals surface area contributed by atoms with Crippen molar-refractivity contribution in [3.05, 3.63) is 65.4 Å². The molecular formula is C43H65N11O2. The number of likely N-dealkylation sites (tertiary alicyclic amines) is 2. The number of carbonyl (C=O) groups excluding carboxylic acids is 1. The maximum absolute atomic E-state index is 12.5. The summed E-state index contributed by atoms with van der Waals surface area (Å²) in [6.45, 7) is 10.9. The molecule has 1 saturated carbocycles. The van der Waals surface area contributed by atoms with Crippen molar-refractivity contribution in [1.29, 1.82) is 0 Å². The highest BCUT2D eigenvalue weighted by molar-refractivity contribution is 5.92. The van der Waals surface area contributed by atoms with Gasteiger partial charge in [-0.15, -0.1) is 0 Å². The molecule has 3 aromatic rings. The molecular weight excluding hydrogens is 703 g/mol. The van der Waals surface area contributed by atoms with E-state index >= 15 is 0 Å². The number of nitrogens with two attached hydrogens (primary N) is 2. The number of carbonyl (C=O) groups is 1.